The molecule has 0 aliphatic rings. The van der Waals surface area contributed by atoms with Gasteiger partial charge in [-0.15, -0.1) is 0 Å². The van der Waals surface area contributed by atoms with Crippen molar-refractivity contribution in [2.75, 3.05) is 18.0 Å². The van der Waals surface area contributed by atoms with Gasteiger partial charge in [-0.1, -0.05) is 61.3 Å². The summed E-state index contributed by atoms with van der Waals surface area (Å²) >= 11 is 0. The van der Waals surface area contributed by atoms with Crippen molar-refractivity contribution in [3.63, 3.8) is 0 Å². The molecule has 23 heavy (non-hydrogen) atoms. The topological polar surface area (TPSA) is 29.0 Å². The lowest BCUT2D eigenvalue weighted by atomic mass is 9.91. The standard InChI is InChI=1S/C20H37N3/c1-8-10-12-23(13-11-9-2)19-15-17(20(5,6)7)21-18(22-19)14-16(3)4/h15-16H,8-14H2,1-7H3. The van der Waals surface area contributed by atoms with Crippen LogP contribution in [0.25, 0.3) is 0 Å². The lowest BCUT2D eigenvalue weighted by Gasteiger charge is -2.27. The molecule has 0 aliphatic heterocycles. The Bertz CT molecular complexity index is 452. The molecule has 0 spiro atoms. The number of anilines is 1. The molecule has 0 amide bonds. The van der Waals surface area contributed by atoms with Gasteiger partial charge in [0.05, 0.1) is 5.69 Å². The van der Waals surface area contributed by atoms with Crippen molar-refractivity contribution in [2.24, 2.45) is 5.92 Å². The van der Waals surface area contributed by atoms with E-state index in [0.29, 0.717) is 5.92 Å². The summed E-state index contributed by atoms with van der Waals surface area (Å²) in [7, 11) is 0. The number of rotatable bonds is 9. The molecule has 132 valence electrons. The average molecular weight is 320 g/mol. The van der Waals surface area contributed by atoms with E-state index < -0.39 is 0 Å². The van der Waals surface area contributed by atoms with Crippen molar-refractivity contribution in [1.82, 2.24) is 9.97 Å². The molecule has 0 radical (unpaired) electrons. The summed E-state index contributed by atoms with van der Waals surface area (Å²) in [5.41, 5.74) is 1.22. The summed E-state index contributed by atoms with van der Waals surface area (Å²) in [5, 5.41) is 0. The molecule has 3 heteroatoms. The van der Waals surface area contributed by atoms with Gasteiger partial charge < -0.3 is 4.90 Å². The van der Waals surface area contributed by atoms with Crippen LogP contribution >= 0.6 is 0 Å². The Morgan fingerprint density at radius 1 is 1.00 bits per heavy atom. The lowest BCUT2D eigenvalue weighted by molar-refractivity contribution is 0.548. The van der Waals surface area contributed by atoms with Gasteiger partial charge in [0, 0.05) is 31.0 Å². The molecule has 0 fully saturated rings. The molecule has 1 heterocycles. The molecule has 0 aliphatic carbocycles. The first-order chi connectivity index (χ1) is 10.8. The Kier molecular flexibility index (Phi) is 8.01. The Morgan fingerprint density at radius 2 is 1.57 bits per heavy atom. The van der Waals surface area contributed by atoms with Crippen LogP contribution in [0.3, 0.4) is 0 Å². The van der Waals surface area contributed by atoms with E-state index in [1.165, 1.54) is 25.7 Å². The number of hydrogen-bond donors (Lipinski definition) is 0. The second-order valence-corrected chi connectivity index (χ2v) is 8.07. The van der Waals surface area contributed by atoms with E-state index in [1.54, 1.807) is 0 Å². The van der Waals surface area contributed by atoms with Gasteiger partial charge in [0.25, 0.3) is 0 Å². The molecule has 0 atom stereocenters. The molecular formula is C20H37N3. The van der Waals surface area contributed by atoms with Crippen molar-refractivity contribution in [3.8, 4) is 0 Å². The minimum Gasteiger partial charge on any atom is -0.357 e. The minimum atomic E-state index is 0.0601. The van der Waals surface area contributed by atoms with Gasteiger partial charge in [-0.3, -0.25) is 0 Å². The fourth-order valence-corrected chi connectivity index (χ4v) is 2.52. The van der Waals surface area contributed by atoms with Crippen molar-refractivity contribution in [2.45, 2.75) is 86.0 Å². The normalized spacial score (nSPS) is 12.0. The molecule has 0 aromatic carbocycles. The van der Waals surface area contributed by atoms with Gasteiger partial charge in [-0.25, -0.2) is 9.97 Å². The summed E-state index contributed by atoms with van der Waals surface area (Å²) in [6.07, 6.45) is 5.83. The third-order valence-electron chi connectivity index (χ3n) is 4.01. The van der Waals surface area contributed by atoms with Crippen molar-refractivity contribution in [1.29, 1.82) is 0 Å². The number of aromatic nitrogens is 2. The molecule has 0 bridgehead atoms. The summed E-state index contributed by atoms with van der Waals surface area (Å²) in [6, 6.07) is 2.22. The monoisotopic (exact) mass is 319 g/mol. The molecular weight excluding hydrogens is 282 g/mol. The zero-order chi connectivity index (χ0) is 17.5. The fourth-order valence-electron chi connectivity index (χ4n) is 2.52. The molecule has 0 unspecified atom stereocenters. The molecule has 0 saturated carbocycles. The highest BCUT2D eigenvalue weighted by molar-refractivity contribution is 5.41. The Balaban J connectivity index is 3.17. The van der Waals surface area contributed by atoms with Crippen LogP contribution in [0.15, 0.2) is 6.07 Å². The van der Waals surface area contributed by atoms with Crippen LogP contribution < -0.4 is 4.90 Å². The highest BCUT2D eigenvalue weighted by atomic mass is 15.2. The molecule has 3 nitrogen and oxygen atoms in total. The minimum absolute atomic E-state index is 0.0601. The third kappa shape index (κ3) is 6.88. The van der Waals surface area contributed by atoms with E-state index in [9.17, 15) is 0 Å². The van der Waals surface area contributed by atoms with Crippen LogP contribution in [0.1, 0.15) is 85.7 Å². The quantitative estimate of drug-likeness (QED) is 0.612. The summed E-state index contributed by atoms with van der Waals surface area (Å²) in [6.45, 7) is 17.9. The maximum Gasteiger partial charge on any atom is 0.132 e. The van der Waals surface area contributed by atoms with E-state index in [0.717, 1.165) is 36.8 Å². The summed E-state index contributed by atoms with van der Waals surface area (Å²) in [5.74, 6) is 2.71. The summed E-state index contributed by atoms with van der Waals surface area (Å²) < 4.78 is 0. The van der Waals surface area contributed by atoms with Gasteiger partial charge >= 0.3 is 0 Å². The molecule has 1 aromatic heterocycles. The first-order valence-corrected chi connectivity index (χ1v) is 9.41. The molecule has 0 saturated heterocycles. The first kappa shape index (κ1) is 19.9. The van der Waals surface area contributed by atoms with Gasteiger partial charge in [0.1, 0.15) is 11.6 Å². The van der Waals surface area contributed by atoms with Crippen molar-refractivity contribution in [3.05, 3.63) is 17.6 Å². The Hall–Kier alpha value is -1.12. The lowest BCUT2D eigenvalue weighted by Crippen LogP contribution is -2.28. The van der Waals surface area contributed by atoms with E-state index in [4.69, 9.17) is 9.97 Å². The van der Waals surface area contributed by atoms with Crippen LogP contribution in [0.5, 0.6) is 0 Å². The maximum atomic E-state index is 4.91. The third-order valence-corrected chi connectivity index (χ3v) is 4.01. The summed E-state index contributed by atoms with van der Waals surface area (Å²) in [4.78, 5) is 12.2. The second-order valence-electron chi connectivity index (χ2n) is 8.07. The number of nitrogens with zero attached hydrogens (tertiary/aromatic N) is 3. The maximum absolute atomic E-state index is 4.91. The van der Waals surface area contributed by atoms with Crippen molar-refractivity contribution < 1.29 is 0 Å². The number of unbranched alkanes of at least 4 members (excludes halogenated alkanes) is 2. The van der Waals surface area contributed by atoms with E-state index in [2.05, 4.69) is 59.4 Å². The van der Waals surface area contributed by atoms with Gasteiger partial charge in [-0.2, -0.15) is 0 Å². The second kappa shape index (κ2) is 9.24. The van der Waals surface area contributed by atoms with Crippen LogP contribution in [0.4, 0.5) is 5.82 Å². The first-order valence-electron chi connectivity index (χ1n) is 9.41. The Morgan fingerprint density at radius 3 is 2.00 bits per heavy atom. The number of hydrogen-bond acceptors (Lipinski definition) is 3. The van der Waals surface area contributed by atoms with Gasteiger partial charge in [0.2, 0.25) is 0 Å². The fraction of sp³-hybridized carbons (Fsp3) is 0.800. The van der Waals surface area contributed by atoms with E-state index >= 15 is 0 Å². The zero-order valence-electron chi connectivity index (χ0n) is 16.4. The van der Waals surface area contributed by atoms with Crippen LogP contribution in [-0.4, -0.2) is 23.1 Å². The zero-order valence-corrected chi connectivity index (χ0v) is 16.4. The predicted molar refractivity (Wildman–Crippen MR) is 101 cm³/mol. The van der Waals surface area contributed by atoms with Crippen LogP contribution in [0, 0.1) is 5.92 Å². The SMILES string of the molecule is CCCCN(CCCC)c1cc(C(C)(C)C)nc(CC(C)C)n1. The highest BCUT2D eigenvalue weighted by Crippen LogP contribution is 2.25. The van der Waals surface area contributed by atoms with Gasteiger partial charge in [-0.05, 0) is 18.8 Å². The molecule has 1 aromatic rings. The van der Waals surface area contributed by atoms with E-state index in [1.807, 2.05) is 0 Å². The van der Waals surface area contributed by atoms with Crippen LogP contribution in [-0.2, 0) is 11.8 Å². The highest BCUT2D eigenvalue weighted by Gasteiger charge is 2.20. The largest absolute Gasteiger partial charge is 0.357 e. The Labute approximate surface area is 143 Å². The average Bonchev–Trinajstić information content (AvgIpc) is 2.45. The van der Waals surface area contributed by atoms with Crippen molar-refractivity contribution >= 4 is 5.82 Å². The van der Waals surface area contributed by atoms with E-state index in [-0.39, 0.29) is 5.41 Å². The molecule has 0 N–H and O–H groups in total. The van der Waals surface area contributed by atoms with Gasteiger partial charge in [0.15, 0.2) is 0 Å². The molecule has 1 rings (SSSR count). The van der Waals surface area contributed by atoms with Crippen LogP contribution in [0.2, 0.25) is 0 Å². The predicted octanol–water partition coefficient (Wildman–Crippen LogP) is 5.38. The smallest absolute Gasteiger partial charge is 0.132 e.